The summed E-state index contributed by atoms with van der Waals surface area (Å²) in [6.45, 7) is 0. The van der Waals surface area contributed by atoms with E-state index in [1.807, 2.05) is 36.4 Å². The molecule has 168 valence electrons. The van der Waals surface area contributed by atoms with E-state index >= 15 is 0 Å². The largest absolute Gasteiger partial charge is 0.432 e. The molecule has 0 aromatic heterocycles. The second-order valence-corrected chi connectivity index (χ2v) is 8.72. The molecule has 0 saturated heterocycles. The number of carbonyl (C=O) groups is 2. The van der Waals surface area contributed by atoms with Crippen molar-refractivity contribution >= 4 is 11.9 Å². The minimum atomic E-state index is -1.01. The first-order valence-corrected chi connectivity index (χ1v) is 11.6. The minimum absolute atomic E-state index is 0.398. The van der Waals surface area contributed by atoms with Gasteiger partial charge in [-0.15, -0.1) is 10.2 Å². The van der Waals surface area contributed by atoms with Gasteiger partial charge in [-0.25, -0.2) is 9.59 Å². The Hall–Kier alpha value is -3.02. The maximum atomic E-state index is 12.8. The van der Waals surface area contributed by atoms with Crippen LogP contribution in [0.25, 0.3) is 0 Å². The monoisotopic (exact) mass is 434 g/mol. The summed E-state index contributed by atoms with van der Waals surface area (Å²) in [5.74, 6) is -0.796. The van der Waals surface area contributed by atoms with E-state index < -0.39 is 23.4 Å². The molecule has 0 heterocycles. The van der Waals surface area contributed by atoms with Crippen molar-refractivity contribution in [3.63, 3.8) is 0 Å². The fourth-order valence-electron chi connectivity index (χ4n) is 4.45. The highest BCUT2D eigenvalue weighted by atomic mass is 16.6. The van der Waals surface area contributed by atoms with Gasteiger partial charge in [0.2, 0.25) is 11.4 Å². The number of esters is 2. The number of carbonyl (C=O) groups excluding carboxylic acids is 2. The number of benzene rings is 2. The Morgan fingerprint density at radius 1 is 0.562 bits per heavy atom. The predicted octanol–water partition coefficient (Wildman–Crippen LogP) is 6.47. The molecule has 0 atom stereocenters. The molecule has 2 saturated carbocycles. The average Bonchev–Trinajstić information content (AvgIpc) is 2.85. The number of hydrogen-bond donors (Lipinski definition) is 0. The smallest absolute Gasteiger partial charge is 0.340 e. The van der Waals surface area contributed by atoms with Gasteiger partial charge in [-0.2, -0.15) is 0 Å². The lowest BCUT2D eigenvalue weighted by atomic mass is 9.91. The van der Waals surface area contributed by atoms with Gasteiger partial charge in [0.15, 0.2) is 0 Å². The van der Waals surface area contributed by atoms with Crippen molar-refractivity contribution in [3.8, 4) is 0 Å². The van der Waals surface area contributed by atoms with Crippen LogP contribution < -0.4 is 0 Å². The number of azo groups is 1. The van der Waals surface area contributed by atoms with Crippen LogP contribution in [0.5, 0.6) is 0 Å². The molecule has 2 aromatic carbocycles. The zero-order chi connectivity index (χ0) is 22.3. The molecule has 2 aromatic rings. The van der Waals surface area contributed by atoms with Gasteiger partial charge in [0.25, 0.3) is 0 Å². The van der Waals surface area contributed by atoms with E-state index in [0.717, 1.165) is 38.5 Å². The third-order valence-electron chi connectivity index (χ3n) is 6.27. The Bertz CT molecular complexity index is 853. The molecule has 32 heavy (non-hydrogen) atoms. The molecule has 0 spiro atoms. The molecule has 4 rings (SSSR count). The molecule has 2 aliphatic carbocycles. The van der Waals surface area contributed by atoms with Gasteiger partial charge in [0, 0.05) is 25.7 Å². The van der Waals surface area contributed by atoms with Crippen molar-refractivity contribution < 1.29 is 19.1 Å². The Kier molecular flexibility index (Phi) is 6.98. The van der Waals surface area contributed by atoms with Crippen LogP contribution in [-0.4, -0.2) is 23.4 Å². The summed E-state index contributed by atoms with van der Waals surface area (Å²) in [5.41, 5.74) is -1.02. The van der Waals surface area contributed by atoms with Crippen molar-refractivity contribution in [1.82, 2.24) is 0 Å². The Morgan fingerprint density at radius 3 is 1.25 bits per heavy atom. The van der Waals surface area contributed by atoms with Crippen molar-refractivity contribution in [1.29, 1.82) is 0 Å². The third-order valence-corrected chi connectivity index (χ3v) is 6.27. The maximum absolute atomic E-state index is 12.8. The zero-order valence-corrected chi connectivity index (χ0v) is 18.4. The predicted molar refractivity (Wildman–Crippen MR) is 120 cm³/mol. The summed E-state index contributed by atoms with van der Waals surface area (Å²) >= 11 is 0. The number of nitrogens with zero attached hydrogens (tertiary/aromatic N) is 2. The SMILES string of the molecule is O=C(OC1(N=NC2(OC(=O)c3ccccc3)CCCCC2)CCCCC1)c1ccccc1. The van der Waals surface area contributed by atoms with Crippen LogP contribution in [-0.2, 0) is 9.47 Å². The molecule has 2 fully saturated rings. The molecule has 0 amide bonds. The van der Waals surface area contributed by atoms with E-state index in [4.69, 9.17) is 9.47 Å². The summed E-state index contributed by atoms with van der Waals surface area (Å²) in [5, 5.41) is 9.25. The highest BCUT2D eigenvalue weighted by Gasteiger charge is 2.41. The zero-order valence-electron chi connectivity index (χ0n) is 18.4. The van der Waals surface area contributed by atoms with Gasteiger partial charge in [-0.05, 0) is 49.9 Å². The summed E-state index contributed by atoms with van der Waals surface area (Å²) in [4.78, 5) is 25.6. The molecule has 6 nitrogen and oxygen atoms in total. The standard InChI is InChI=1S/C26H30N2O4/c29-23(21-13-5-1-6-14-21)31-25(17-9-3-10-18-25)27-28-26(19-11-4-12-20-26)32-24(30)22-15-7-2-8-16-22/h1-2,5-8,13-16H,3-4,9-12,17-20H2. The Labute approximate surface area is 189 Å². The van der Waals surface area contributed by atoms with Crippen LogP contribution in [0.4, 0.5) is 0 Å². The van der Waals surface area contributed by atoms with E-state index in [0.29, 0.717) is 36.8 Å². The number of ether oxygens (including phenoxy) is 2. The van der Waals surface area contributed by atoms with E-state index in [9.17, 15) is 9.59 Å². The van der Waals surface area contributed by atoms with E-state index in [1.165, 1.54) is 0 Å². The lowest BCUT2D eigenvalue weighted by Gasteiger charge is -2.35. The molecule has 0 radical (unpaired) electrons. The van der Waals surface area contributed by atoms with Crippen LogP contribution in [0.2, 0.25) is 0 Å². The Balaban J connectivity index is 1.56. The lowest BCUT2D eigenvalue weighted by molar-refractivity contribution is -0.0604. The fourth-order valence-corrected chi connectivity index (χ4v) is 4.45. The molecule has 0 unspecified atom stereocenters. The maximum Gasteiger partial charge on any atom is 0.340 e. The quantitative estimate of drug-likeness (QED) is 0.385. The van der Waals surface area contributed by atoms with Gasteiger partial charge in [0.1, 0.15) is 0 Å². The summed E-state index contributed by atoms with van der Waals surface area (Å²) in [6, 6.07) is 17.9. The van der Waals surface area contributed by atoms with Crippen LogP contribution in [0.1, 0.15) is 84.9 Å². The van der Waals surface area contributed by atoms with Crippen LogP contribution in [0.3, 0.4) is 0 Å². The topological polar surface area (TPSA) is 77.3 Å². The first-order chi connectivity index (χ1) is 15.6. The third kappa shape index (κ3) is 5.42. The van der Waals surface area contributed by atoms with Gasteiger partial charge < -0.3 is 9.47 Å². The fraction of sp³-hybridized carbons (Fsp3) is 0.462. The van der Waals surface area contributed by atoms with Crippen molar-refractivity contribution in [2.75, 3.05) is 0 Å². The van der Waals surface area contributed by atoms with E-state index in [1.54, 1.807) is 24.3 Å². The lowest BCUT2D eigenvalue weighted by Crippen LogP contribution is -2.39. The summed E-state index contributed by atoms with van der Waals surface area (Å²) in [6.07, 6.45) is 8.30. The average molecular weight is 435 g/mol. The highest BCUT2D eigenvalue weighted by Crippen LogP contribution is 2.39. The van der Waals surface area contributed by atoms with Crippen molar-refractivity contribution in [2.45, 2.75) is 75.7 Å². The van der Waals surface area contributed by atoms with Gasteiger partial charge in [0.05, 0.1) is 11.1 Å². The van der Waals surface area contributed by atoms with Gasteiger partial charge in [-0.3, -0.25) is 0 Å². The second-order valence-electron chi connectivity index (χ2n) is 8.72. The van der Waals surface area contributed by atoms with E-state index in [-0.39, 0.29) is 0 Å². The molecular weight excluding hydrogens is 404 g/mol. The summed E-state index contributed by atoms with van der Waals surface area (Å²) < 4.78 is 11.9. The van der Waals surface area contributed by atoms with E-state index in [2.05, 4.69) is 10.2 Å². The molecule has 0 bridgehead atoms. The highest BCUT2D eigenvalue weighted by molar-refractivity contribution is 5.90. The van der Waals surface area contributed by atoms with Crippen LogP contribution in [0, 0.1) is 0 Å². The van der Waals surface area contributed by atoms with Crippen LogP contribution >= 0.6 is 0 Å². The second kappa shape index (κ2) is 10.1. The van der Waals surface area contributed by atoms with Gasteiger partial charge in [-0.1, -0.05) is 49.2 Å². The molecule has 0 N–H and O–H groups in total. The van der Waals surface area contributed by atoms with Gasteiger partial charge >= 0.3 is 11.9 Å². The molecular formula is C26H30N2O4. The minimum Gasteiger partial charge on any atom is -0.432 e. The molecule has 2 aliphatic rings. The molecule has 0 aliphatic heterocycles. The molecule has 6 heteroatoms. The number of hydrogen-bond acceptors (Lipinski definition) is 6. The Morgan fingerprint density at radius 2 is 0.906 bits per heavy atom. The normalized spacial score (nSPS) is 19.9. The summed E-state index contributed by atoms with van der Waals surface area (Å²) in [7, 11) is 0. The first-order valence-electron chi connectivity index (χ1n) is 11.6. The van der Waals surface area contributed by atoms with Crippen molar-refractivity contribution in [2.24, 2.45) is 10.2 Å². The van der Waals surface area contributed by atoms with Crippen LogP contribution in [0.15, 0.2) is 70.9 Å². The number of rotatable bonds is 6. The van der Waals surface area contributed by atoms with Crippen molar-refractivity contribution in [3.05, 3.63) is 71.8 Å². The first kappa shape index (κ1) is 22.2.